The fraction of sp³-hybridized carbons (Fsp3) is 0.263. The van der Waals surface area contributed by atoms with Gasteiger partial charge in [-0.25, -0.2) is 0 Å². The van der Waals surface area contributed by atoms with Crippen LogP contribution in [0, 0.1) is 12.8 Å². The zero-order valence-electron chi connectivity index (χ0n) is 14.4. The van der Waals surface area contributed by atoms with Crippen molar-refractivity contribution in [2.24, 2.45) is 5.92 Å². The van der Waals surface area contributed by atoms with Crippen LogP contribution in [0.4, 0.5) is 11.4 Å². The molecule has 136 valence electrons. The van der Waals surface area contributed by atoms with E-state index in [1.165, 1.54) is 0 Å². The van der Waals surface area contributed by atoms with Crippen LogP contribution < -0.4 is 15.0 Å². The molecule has 1 atom stereocenters. The lowest BCUT2D eigenvalue weighted by atomic mass is 10.1. The van der Waals surface area contributed by atoms with Gasteiger partial charge in [-0.3, -0.25) is 9.59 Å². The molecule has 5 nitrogen and oxygen atoms in total. The number of ether oxygens (including phenoxy) is 1. The van der Waals surface area contributed by atoms with Gasteiger partial charge in [-0.2, -0.15) is 0 Å². The molecule has 3 rings (SSSR count). The van der Waals surface area contributed by atoms with E-state index in [1.54, 1.807) is 30.2 Å². The van der Waals surface area contributed by atoms with Crippen LogP contribution in [0.1, 0.15) is 12.0 Å². The molecule has 0 spiro atoms. The maximum atomic E-state index is 12.6. The Hall–Kier alpha value is -2.24. The van der Waals surface area contributed by atoms with Crippen LogP contribution in [0.2, 0.25) is 10.0 Å². The molecule has 1 N–H and O–H groups in total. The molecule has 1 fully saturated rings. The van der Waals surface area contributed by atoms with Crippen LogP contribution >= 0.6 is 23.2 Å². The van der Waals surface area contributed by atoms with Crippen molar-refractivity contribution in [3.63, 3.8) is 0 Å². The van der Waals surface area contributed by atoms with E-state index in [9.17, 15) is 9.59 Å². The Balaban J connectivity index is 1.78. The Morgan fingerprint density at radius 2 is 2.00 bits per heavy atom. The number of nitrogens with one attached hydrogen (secondary N) is 1. The predicted octanol–water partition coefficient (Wildman–Crippen LogP) is 4.30. The normalized spacial score (nSPS) is 16.7. The highest BCUT2D eigenvalue weighted by atomic mass is 35.5. The number of benzene rings is 2. The molecule has 2 aromatic carbocycles. The summed E-state index contributed by atoms with van der Waals surface area (Å²) in [6.07, 6.45) is 0.126. The smallest absolute Gasteiger partial charge is 0.229 e. The summed E-state index contributed by atoms with van der Waals surface area (Å²) in [5.74, 6) is -0.270. The number of amides is 2. The molecule has 26 heavy (non-hydrogen) atoms. The molecule has 0 bridgehead atoms. The Morgan fingerprint density at radius 1 is 1.23 bits per heavy atom. The van der Waals surface area contributed by atoms with E-state index < -0.39 is 5.92 Å². The lowest BCUT2D eigenvalue weighted by Crippen LogP contribution is -2.28. The van der Waals surface area contributed by atoms with Gasteiger partial charge in [-0.15, -0.1) is 0 Å². The molecule has 7 heteroatoms. The van der Waals surface area contributed by atoms with Gasteiger partial charge in [0, 0.05) is 18.0 Å². The molecule has 0 radical (unpaired) electrons. The first kappa shape index (κ1) is 18.5. The van der Waals surface area contributed by atoms with Crippen LogP contribution in [0.5, 0.6) is 5.75 Å². The largest absolute Gasteiger partial charge is 0.495 e. The van der Waals surface area contributed by atoms with Gasteiger partial charge in [-0.05, 0) is 42.8 Å². The summed E-state index contributed by atoms with van der Waals surface area (Å²) in [4.78, 5) is 26.7. The van der Waals surface area contributed by atoms with Gasteiger partial charge >= 0.3 is 0 Å². The summed E-state index contributed by atoms with van der Waals surface area (Å²) < 4.78 is 5.35. The summed E-state index contributed by atoms with van der Waals surface area (Å²) in [6, 6.07) is 10.4. The number of halogens is 2. The van der Waals surface area contributed by atoms with Crippen LogP contribution in [0.25, 0.3) is 0 Å². The number of rotatable bonds is 4. The van der Waals surface area contributed by atoms with Gasteiger partial charge in [-0.1, -0.05) is 29.3 Å². The molecule has 1 unspecified atom stereocenters. The molecule has 2 amide bonds. The molecule has 1 aliphatic heterocycles. The number of carbonyl (C=O) groups is 2. The third-order valence-corrected chi connectivity index (χ3v) is 4.87. The lowest BCUT2D eigenvalue weighted by Gasteiger charge is -2.20. The third kappa shape index (κ3) is 3.79. The van der Waals surface area contributed by atoms with Gasteiger partial charge in [0.25, 0.3) is 0 Å². The highest BCUT2D eigenvalue weighted by Gasteiger charge is 2.36. The summed E-state index contributed by atoms with van der Waals surface area (Å²) in [5, 5.41) is 3.62. The molecular formula is C19H18Cl2N2O3. The van der Waals surface area contributed by atoms with Crippen molar-refractivity contribution in [1.82, 2.24) is 0 Å². The molecule has 1 heterocycles. The molecule has 0 saturated carbocycles. The number of carbonyl (C=O) groups excluding carboxylic acids is 2. The molecular weight excluding hydrogens is 375 g/mol. The zero-order chi connectivity index (χ0) is 18.8. The van der Waals surface area contributed by atoms with Crippen LogP contribution in [0.3, 0.4) is 0 Å². The van der Waals surface area contributed by atoms with E-state index in [2.05, 4.69) is 5.32 Å². The summed E-state index contributed by atoms with van der Waals surface area (Å²) >= 11 is 12.0. The molecule has 1 aliphatic rings. The van der Waals surface area contributed by atoms with Crippen LogP contribution in [-0.2, 0) is 9.59 Å². The number of hydrogen-bond donors (Lipinski definition) is 1. The second kappa shape index (κ2) is 7.56. The second-order valence-corrected chi connectivity index (χ2v) is 7.04. The van der Waals surface area contributed by atoms with Gasteiger partial charge in [0.2, 0.25) is 11.8 Å². The topological polar surface area (TPSA) is 58.6 Å². The Kier molecular flexibility index (Phi) is 5.39. The first-order valence-electron chi connectivity index (χ1n) is 8.10. The number of methoxy groups -OCH3 is 1. The molecule has 0 aromatic heterocycles. The van der Waals surface area contributed by atoms with Crippen molar-refractivity contribution in [2.75, 3.05) is 23.9 Å². The second-order valence-electron chi connectivity index (χ2n) is 6.19. The minimum atomic E-state index is -0.484. The standard InChI is InChI=1S/C19H18Cl2N2O3/c1-11-3-6-17(26-2)16(7-11)23-10-12(8-18(23)24)19(25)22-15-9-13(20)4-5-14(15)21/h3-7,9,12H,8,10H2,1-2H3,(H,22,25). The third-order valence-electron chi connectivity index (χ3n) is 4.31. The van der Waals surface area contributed by atoms with Crippen molar-refractivity contribution in [1.29, 1.82) is 0 Å². The molecule has 0 aliphatic carbocycles. The lowest BCUT2D eigenvalue weighted by molar-refractivity contribution is -0.122. The summed E-state index contributed by atoms with van der Waals surface area (Å²) in [5.41, 5.74) is 2.11. The maximum absolute atomic E-state index is 12.6. The predicted molar refractivity (Wildman–Crippen MR) is 103 cm³/mol. The van der Waals surface area contributed by atoms with Crippen molar-refractivity contribution >= 4 is 46.4 Å². The maximum Gasteiger partial charge on any atom is 0.229 e. The Morgan fingerprint density at radius 3 is 2.73 bits per heavy atom. The molecule has 1 saturated heterocycles. The highest BCUT2D eigenvalue weighted by molar-refractivity contribution is 6.35. The van der Waals surface area contributed by atoms with Gasteiger partial charge in [0.15, 0.2) is 0 Å². The van der Waals surface area contributed by atoms with Gasteiger partial charge in [0.1, 0.15) is 5.75 Å². The first-order valence-corrected chi connectivity index (χ1v) is 8.85. The fourth-order valence-corrected chi connectivity index (χ4v) is 3.29. The van der Waals surface area contributed by atoms with Gasteiger partial charge < -0.3 is 15.0 Å². The SMILES string of the molecule is COc1ccc(C)cc1N1CC(C(=O)Nc2cc(Cl)ccc2Cl)CC1=O. The average Bonchev–Trinajstić information content (AvgIpc) is 3.00. The average molecular weight is 393 g/mol. The summed E-state index contributed by atoms with van der Waals surface area (Å²) in [7, 11) is 1.56. The Labute approximate surface area is 161 Å². The van der Waals surface area contributed by atoms with Crippen molar-refractivity contribution in [2.45, 2.75) is 13.3 Å². The number of anilines is 2. The zero-order valence-corrected chi connectivity index (χ0v) is 15.9. The van der Waals surface area contributed by atoms with Crippen molar-refractivity contribution in [3.05, 3.63) is 52.0 Å². The highest BCUT2D eigenvalue weighted by Crippen LogP contribution is 2.34. The Bertz CT molecular complexity index is 870. The number of nitrogens with zero attached hydrogens (tertiary/aromatic N) is 1. The first-order chi connectivity index (χ1) is 12.4. The minimum absolute atomic E-state index is 0.119. The van der Waals surface area contributed by atoms with Crippen LogP contribution in [0.15, 0.2) is 36.4 Å². The van der Waals surface area contributed by atoms with E-state index >= 15 is 0 Å². The summed E-state index contributed by atoms with van der Waals surface area (Å²) in [6.45, 7) is 2.22. The van der Waals surface area contributed by atoms with Crippen molar-refractivity contribution in [3.8, 4) is 5.75 Å². The number of aryl methyl sites for hydroxylation is 1. The molecule has 2 aromatic rings. The number of hydrogen-bond acceptors (Lipinski definition) is 3. The van der Waals surface area contributed by atoms with Crippen LogP contribution in [-0.4, -0.2) is 25.5 Å². The van der Waals surface area contributed by atoms with E-state index in [4.69, 9.17) is 27.9 Å². The monoisotopic (exact) mass is 392 g/mol. The minimum Gasteiger partial charge on any atom is -0.495 e. The van der Waals surface area contributed by atoms with Crippen molar-refractivity contribution < 1.29 is 14.3 Å². The quantitative estimate of drug-likeness (QED) is 0.843. The van der Waals surface area contributed by atoms with E-state index in [0.717, 1.165) is 5.56 Å². The van der Waals surface area contributed by atoms with E-state index in [0.29, 0.717) is 27.2 Å². The van der Waals surface area contributed by atoms with E-state index in [-0.39, 0.29) is 24.8 Å². The van der Waals surface area contributed by atoms with E-state index in [1.807, 2.05) is 25.1 Å². The fourth-order valence-electron chi connectivity index (χ4n) is 2.96. The van der Waals surface area contributed by atoms with Gasteiger partial charge in [0.05, 0.1) is 29.4 Å².